The number of ether oxygens (including phenoxy) is 1. The Morgan fingerprint density at radius 1 is 1.28 bits per heavy atom. The van der Waals surface area contributed by atoms with Crippen molar-refractivity contribution in [2.24, 2.45) is 5.73 Å². The van der Waals surface area contributed by atoms with Gasteiger partial charge in [-0.25, -0.2) is 0 Å². The molecule has 18 heavy (non-hydrogen) atoms. The molecular weight excluding hydrogens is 228 g/mol. The lowest BCUT2D eigenvalue weighted by atomic mass is 10.0. The van der Waals surface area contributed by atoms with Gasteiger partial charge in [-0.2, -0.15) is 0 Å². The van der Waals surface area contributed by atoms with Crippen molar-refractivity contribution in [3.05, 3.63) is 35.4 Å². The Morgan fingerprint density at radius 3 is 2.94 bits per heavy atom. The summed E-state index contributed by atoms with van der Waals surface area (Å²) in [5.74, 6) is -0.343. The lowest BCUT2D eigenvalue weighted by Gasteiger charge is -2.19. The predicted octanol–water partition coefficient (Wildman–Crippen LogP) is 1.05. The highest BCUT2D eigenvalue weighted by atomic mass is 16.5. The fraction of sp³-hybridized carbons (Fsp3) is 0.500. The fourth-order valence-electron chi connectivity index (χ4n) is 2.28. The third-order valence-electron chi connectivity index (χ3n) is 3.30. The van der Waals surface area contributed by atoms with Crippen molar-refractivity contribution in [2.75, 3.05) is 32.8 Å². The Kier molecular flexibility index (Phi) is 4.73. The number of amides is 1. The van der Waals surface area contributed by atoms with Gasteiger partial charge < -0.3 is 15.4 Å². The smallest absolute Gasteiger partial charge is 0.248 e. The van der Waals surface area contributed by atoms with Crippen LogP contribution in [0.3, 0.4) is 0 Å². The monoisotopic (exact) mass is 248 g/mol. The molecule has 1 fully saturated rings. The third kappa shape index (κ3) is 3.55. The number of benzene rings is 1. The number of carbonyl (C=O) groups is 1. The first kappa shape index (κ1) is 13.1. The fourth-order valence-corrected chi connectivity index (χ4v) is 2.28. The molecule has 4 heteroatoms. The van der Waals surface area contributed by atoms with Gasteiger partial charge in [0.25, 0.3) is 0 Å². The Balaban J connectivity index is 1.94. The summed E-state index contributed by atoms with van der Waals surface area (Å²) in [6.07, 6.45) is 1.94. The molecule has 4 nitrogen and oxygen atoms in total. The lowest BCUT2D eigenvalue weighted by Crippen LogP contribution is -2.29. The number of hydrogen-bond acceptors (Lipinski definition) is 3. The van der Waals surface area contributed by atoms with Gasteiger partial charge in [0.2, 0.25) is 5.91 Å². The van der Waals surface area contributed by atoms with Crippen molar-refractivity contribution in [3.8, 4) is 0 Å². The second-order valence-corrected chi connectivity index (χ2v) is 4.58. The molecule has 2 rings (SSSR count). The summed E-state index contributed by atoms with van der Waals surface area (Å²) >= 11 is 0. The maximum absolute atomic E-state index is 11.3. The van der Waals surface area contributed by atoms with Crippen LogP contribution in [0.1, 0.15) is 22.3 Å². The number of nitrogens with two attached hydrogens (primary N) is 1. The Hall–Kier alpha value is -1.39. The van der Waals surface area contributed by atoms with E-state index in [2.05, 4.69) is 4.90 Å². The second-order valence-electron chi connectivity index (χ2n) is 4.58. The van der Waals surface area contributed by atoms with Crippen LogP contribution in [0.5, 0.6) is 0 Å². The van der Waals surface area contributed by atoms with E-state index in [4.69, 9.17) is 10.5 Å². The molecule has 0 radical (unpaired) electrons. The van der Waals surface area contributed by atoms with Crippen LogP contribution in [-0.2, 0) is 11.2 Å². The summed E-state index contributed by atoms with van der Waals surface area (Å²) in [5, 5.41) is 0. The maximum Gasteiger partial charge on any atom is 0.248 e. The molecule has 1 aliphatic heterocycles. The zero-order valence-corrected chi connectivity index (χ0v) is 10.6. The molecule has 1 saturated heterocycles. The van der Waals surface area contributed by atoms with E-state index in [9.17, 15) is 4.79 Å². The van der Waals surface area contributed by atoms with Crippen molar-refractivity contribution in [1.82, 2.24) is 4.90 Å². The molecule has 1 heterocycles. The molecule has 1 aromatic carbocycles. The van der Waals surface area contributed by atoms with Crippen LogP contribution < -0.4 is 5.73 Å². The van der Waals surface area contributed by atoms with Crippen molar-refractivity contribution >= 4 is 5.91 Å². The van der Waals surface area contributed by atoms with Crippen LogP contribution in [0.2, 0.25) is 0 Å². The highest BCUT2D eigenvalue weighted by Gasteiger charge is 2.11. The largest absolute Gasteiger partial charge is 0.380 e. The van der Waals surface area contributed by atoms with E-state index in [0.717, 1.165) is 51.3 Å². The van der Waals surface area contributed by atoms with E-state index in [-0.39, 0.29) is 5.91 Å². The van der Waals surface area contributed by atoms with E-state index in [1.807, 2.05) is 18.2 Å². The normalized spacial score (nSPS) is 17.3. The number of hydrogen-bond donors (Lipinski definition) is 1. The minimum atomic E-state index is -0.343. The molecule has 98 valence electrons. The first-order chi connectivity index (χ1) is 8.77. The van der Waals surface area contributed by atoms with Crippen molar-refractivity contribution in [1.29, 1.82) is 0 Å². The van der Waals surface area contributed by atoms with Gasteiger partial charge in [-0.3, -0.25) is 4.79 Å². The number of primary amides is 1. The van der Waals surface area contributed by atoms with Crippen LogP contribution in [0, 0.1) is 0 Å². The predicted molar refractivity (Wildman–Crippen MR) is 70.5 cm³/mol. The molecule has 1 aromatic rings. The van der Waals surface area contributed by atoms with E-state index in [1.165, 1.54) is 0 Å². The van der Waals surface area contributed by atoms with Crippen molar-refractivity contribution in [2.45, 2.75) is 12.8 Å². The maximum atomic E-state index is 11.3. The van der Waals surface area contributed by atoms with Crippen LogP contribution in [0.4, 0.5) is 0 Å². The Morgan fingerprint density at radius 2 is 2.11 bits per heavy atom. The van der Waals surface area contributed by atoms with Gasteiger partial charge in [0.1, 0.15) is 0 Å². The number of nitrogens with zero attached hydrogens (tertiary/aromatic N) is 1. The van der Waals surface area contributed by atoms with Gasteiger partial charge >= 0.3 is 0 Å². The molecule has 0 aliphatic carbocycles. The minimum Gasteiger partial charge on any atom is -0.380 e. The standard InChI is InChI=1S/C14H20N2O2/c15-14(17)13-5-2-1-4-12(13)6-8-16-7-3-10-18-11-9-16/h1-2,4-5H,3,6-11H2,(H2,15,17). The molecular formula is C14H20N2O2. The SMILES string of the molecule is NC(=O)c1ccccc1CCN1CCCOCC1. The van der Waals surface area contributed by atoms with Gasteiger partial charge in [-0.05, 0) is 24.5 Å². The van der Waals surface area contributed by atoms with Crippen LogP contribution >= 0.6 is 0 Å². The topological polar surface area (TPSA) is 55.6 Å². The summed E-state index contributed by atoms with van der Waals surface area (Å²) < 4.78 is 5.42. The molecule has 1 amide bonds. The summed E-state index contributed by atoms with van der Waals surface area (Å²) in [5.41, 5.74) is 7.06. The number of carbonyl (C=O) groups excluding carboxylic acids is 1. The van der Waals surface area contributed by atoms with Gasteiger partial charge in [0, 0.05) is 31.8 Å². The third-order valence-corrected chi connectivity index (χ3v) is 3.30. The van der Waals surface area contributed by atoms with Gasteiger partial charge in [0.15, 0.2) is 0 Å². The first-order valence-electron chi connectivity index (χ1n) is 6.45. The van der Waals surface area contributed by atoms with Gasteiger partial charge in [0.05, 0.1) is 6.61 Å². The second kappa shape index (κ2) is 6.52. The summed E-state index contributed by atoms with van der Waals surface area (Å²) in [6, 6.07) is 7.58. The van der Waals surface area contributed by atoms with E-state index >= 15 is 0 Å². The van der Waals surface area contributed by atoms with Crippen LogP contribution in [0.15, 0.2) is 24.3 Å². The molecule has 0 saturated carbocycles. The van der Waals surface area contributed by atoms with Crippen molar-refractivity contribution < 1.29 is 9.53 Å². The molecule has 1 aliphatic rings. The van der Waals surface area contributed by atoms with Crippen molar-refractivity contribution in [3.63, 3.8) is 0 Å². The molecule has 0 spiro atoms. The highest BCUT2D eigenvalue weighted by Crippen LogP contribution is 2.10. The Bertz CT molecular complexity index is 399. The van der Waals surface area contributed by atoms with E-state index < -0.39 is 0 Å². The van der Waals surface area contributed by atoms with E-state index in [1.54, 1.807) is 6.07 Å². The molecule has 0 unspecified atom stereocenters. The quantitative estimate of drug-likeness (QED) is 0.866. The minimum absolute atomic E-state index is 0.343. The molecule has 2 N–H and O–H groups in total. The average molecular weight is 248 g/mol. The molecule has 0 aromatic heterocycles. The van der Waals surface area contributed by atoms with Crippen LogP contribution in [-0.4, -0.2) is 43.7 Å². The first-order valence-corrected chi connectivity index (χ1v) is 6.45. The average Bonchev–Trinajstić information content (AvgIpc) is 2.65. The number of rotatable bonds is 4. The lowest BCUT2D eigenvalue weighted by molar-refractivity contribution is 0.0999. The highest BCUT2D eigenvalue weighted by molar-refractivity contribution is 5.94. The Labute approximate surface area is 108 Å². The molecule has 0 bridgehead atoms. The summed E-state index contributed by atoms with van der Waals surface area (Å²) in [6.45, 7) is 4.65. The summed E-state index contributed by atoms with van der Waals surface area (Å²) in [7, 11) is 0. The van der Waals surface area contributed by atoms with Gasteiger partial charge in [-0.15, -0.1) is 0 Å². The van der Waals surface area contributed by atoms with Crippen LogP contribution in [0.25, 0.3) is 0 Å². The zero-order valence-electron chi connectivity index (χ0n) is 10.6. The van der Waals surface area contributed by atoms with E-state index in [0.29, 0.717) is 5.56 Å². The van der Waals surface area contributed by atoms with Gasteiger partial charge in [-0.1, -0.05) is 18.2 Å². The summed E-state index contributed by atoms with van der Waals surface area (Å²) in [4.78, 5) is 13.7. The molecule has 0 atom stereocenters. The zero-order chi connectivity index (χ0) is 12.8.